The van der Waals surface area contributed by atoms with E-state index in [0.29, 0.717) is 11.7 Å². The Balaban J connectivity index is 1.88. The Morgan fingerprint density at radius 3 is 2.59 bits per heavy atom. The van der Waals surface area contributed by atoms with Crippen LogP contribution in [0.5, 0.6) is 5.75 Å². The van der Waals surface area contributed by atoms with E-state index in [2.05, 4.69) is 27.6 Å². The Bertz CT molecular complexity index is 635. The molecule has 2 heterocycles. The van der Waals surface area contributed by atoms with Gasteiger partial charge in [0.05, 0.1) is 12.1 Å². The second kappa shape index (κ2) is 6.08. The molecule has 0 saturated carbocycles. The number of nitrogens with one attached hydrogen (secondary N) is 1. The molecule has 0 unspecified atom stereocenters. The smallest absolute Gasteiger partial charge is 0.244 e. The van der Waals surface area contributed by atoms with Gasteiger partial charge < -0.3 is 14.6 Å². The third-order valence-electron chi connectivity index (χ3n) is 3.87. The second-order valence-corrected chi connectivity index (χ2v) is 6.21. The molecule has 5 heteroatoms. The van der Waals surface area contributed by atoms with Gasteiger partial charge in [0.2, 0.25) is 11.7 Å². The van der Waals surface area contributed by atoms with Crippen molar-refractivity contribution in [2.24, 2.45) is 0 Å². The van der Waals surface area contributed by atoms with Gasteiger partial charge in [-0.05, 0) is 70.3 Å². The molecular weight excluding hydrogens is 278 g/mol. The topological polar surface area (TPSA) is 60.2 Å². The van der Waals surface area contributed by atoms with Crippen molar-refractivity contribution in [3.05, 3.63) is 29.2 Å². The van der Waals surface area contributed by atoms with Gasteiger partial charge in [-0.1, -0.05) is 5.16 Å². The quantitative estimate of drug-likeness (QED) is 0.935. The van der Waals surface area contributed by atoms with Crippen LogP contribution in [0.25, 0.3) is 11.4 Å². The van der Waals surface area contributed by atoms with Crippen LogP contribution in [0, 0.1) is 13.8 Å². The molecule has 0 spiro atoms. The van der Waals surface area contributed by atoms with E-state index in [0.717, 1.165) is 41.8 Å². The Hall–Kier alpha value is -1.88. The first kappa shape index (κ1) is 15.0. The van der Waals surface area contributed by atoms with Crippen LogP contribution in [0.4, 0.5) is 0 Å². The highest BCUT2D eigenvalue weighted by Crippen LogP contribution is 2.30. The lowest BCUT2D eigenvalue weighted by Gasteiger charge is -2.15. The highest BCUT2D eigenvalue weighted by molar-refractivity contribution is 5.61. The zero-order valence-electron chi connectivity index (χ0n) is 13.6. The predicted molar refractivity (Wildman–Crippen MR) is 84.9 cm³/mol. The van der Waals surface area contributed by atoms with Crippen LogP contribution in [0.2, 0.25) is 0 Å². The summed E-state index contributed by atoms with van der Waals surface area (Å²) in [6.07, 6.45) is 2.37. The Kier molecular flexibility index (Phi) is 4.16. The number of aromatic nitrogens is 2. The molecule has 1 atom stereocenters. The molecule has 118 valence electrons. The Morgan fingerprint density at radius 2 is 2.00 bits per heavy atom. The number of benzene rings is 1. The normalized spacial score (nSPS) is 18.1. The van der Waals surface area contributed by atoms with Crippen LogP contribution in [-0.2, 0) is 0 Å². The van der Waals surface area contributed by atoms with Gasteiger partial charge in [0.15, 0.2) is 0 Å². The molecule has 22 heavy (non-hydrogen) atoms. The van der Waals surface area contributed by atoms with Gasteiger partial charge in [0.25, 0.3) is 0 Å². The van der Waals surface area contributed by atoms with Crippen LogP contribution in [0.15, 0.2) is 16.7 Å². The molecule has 1 aromatic heterocycles. The first-order valence-electron chi connectivity index (χ1n) is 7.90. The summed E-state index contributed by atoms with van der Waals surface area (Å²) < 4.78 is 11.3. The lowest BCUT2D eigenvalue weighted by atomic mass is 10.1. The van der Waals surface area contributed by atoms with Crippen molar-refractivity contribution < 1.29 is 9.26 Å². The van der Waals surface area contributed by atoms with Gasteiger partial charge in [-0.15, -0.1) is 0 Å². The first-order chi connectivity index (χ1) is 10.5. The number of hydrogen-bond acceptors (Lipinski definition) is 5. The lowest BCUT2D eigenvalue weighted by Crippen LogP contribution is -2.12. The standard InChI is InChI=1S/C17H23N3O2/c1-10(2)21-15-11(3)8-13(9-12(15)4)16-19-17(22-20-16)14-6-5-7-18-14/h8-10,14,18H,5-7H2,1-4H3/t14-/m1/s1. The molecule has 1 aliphatic heterocycles. The molecule has 2 aromatic rings. The van der Waals surface area contributed by atoms with Crippen molar-refractivity contribution in [1.29, 1.82) is 0 Å². The molecule has 1 saturated heterocycles. The fraction of sp³-hybridized carbons (Fsp3) is 0.529. The Labute approximate surface area is 131 Å². The van der Waals surface area contributed by atoms with Gasteiger partial charge in [-0.25, -0.2) is 0 Å². The molecule has 0 radical (unpaired) electrons. The van der Waals surface area contributed by atoms with E-state index in [1.165, 1.54) is 0 Å². The largest absolute Gasteiger partial charge is 0.490 e. The summed E-state index contributed by atoms with van der Waals surface area (Å²) in [7, 11) is 0. The van der Waals surface area contributed by atoms with Crippen LogP contribution in [-0.4, -0.2) is 22.8 Å². The van der Waals surface area contributed by atoms with Crippen LogP contribution < -0.4 is 10.1 Å². The number of hydrogen-bond donors (Lipinski definition) is 1. The predicted octanol–water partition coefficient (Wildman–Crippen LogP) is 3.57. The van der Waals surface area contributed by atoms with Crippen molar-refractivity contribution in [2.45, 2.75) is 52.7 Å². The van der Waals surface area contributed by atoms with E-state index < -0.39 is 0 Å². The minimum absolute atomic E-state index is 0.161. The average molecular weight is 301 g/mol. The molecule has 1 N–H and O–H groups in total. The van der Waals surface area contributed by atoms with Crippen LogP contribution in [0.3, 0.4) is 0 Å². The minimum Gasteiger partial charge on any atom is -0.490 e. The summed E-state index contributed by atoms with van der Waals surface area (Å²) in [6.45, 7) is 9.18. The van der Waals surface area contributed by atoms with E-state index in [1.54, 1.807) is 0 Å². The molecule has 5 nitrogen and oxygen atoms in total. The van der Waals surface area contributed by atoms with E-state index in [9.17, 15) is 0 Å². The number of aryl methyl sites for hydroxylation is 2. The number of ether oxygens (including phenoxy) is 1. The maximum Gasteiger partial charge on any atom is 0.244 e. The van der Waals surface area contributed by atoms with Gasteiger partial charge in [-0.2, -0.15) is 4.98 Å². The third kappa shape index (κ3) is 2.99. The summed E-state index contributed by atoms with van der Waals surface area (Å²) in [5.74, 6) is 2.27. The second-order valence-electron chi connectivity index (χ2n) is 6.21. The summed E-state index contributed by atoms with van der Waals surface area (Å²) in [5.41, 5.74) is 3.15. The van der Waals surface area contributed by atoms with Gasteiger partial charge in [0.1, 0.15) is 5.75 Å². The highest BCUT2D eigenvalue weighted by Gasteiger charge is 2.23. The van der Waals surface area contributed by atoms with Gasteiger partial charge >= 0.3 is 0 Å². The summed E-state index contributed by atoms with van der Waals surface area (Å²) in [5, 5.41) is 7.51. The van der Waals surface area contributed by atoms with E-state index in [4.69, 9.17) is 9.26 Å². The van der Waals surface area contributed by atoms with E-state index in [-0.39, 0.29) is 12.1 Å². The fourth-order valence-electron chi connectivity index (χ4n) is 2.89. The summed E-state index contributed by atoms with van der Waals surface area (Å²) >= 11 is 0. The average Bonchev–Trinajstić information content (AvgIpc) is 3.12. The number of nitrogens with zero attached hydrogens (tertiary/aromatic N) is 2. The molecular formula is C17H23N3O2. The molecule has 0 bridgehead atoms. The molecule has 1 aromatic carbocycles. The Morgan fingerprint density at radius 1 is 1.27 bits per heavy atom. The zero-order chi connectivity index (χ0) is 15.7. The summed E-state index contributed by atoms with van der Waals surface area (Å²) in [6, 6.07) is 4.31. The minimum atomic E-state index is 0.161. The molecule has 0 aliphatic carbocycles. The lowest BCUT2D eigenvalue weighted by molar-refractivity contribution is 0.239. The molecule has 3 rings (SSSR count). The maximum absolute atomic E-state index is 5.88. The third-order valence-corrected chi connectivity index (χ3v) is 3.87. The number of rotatable bonds is 4. The molecule has 1 fully saturated rings. The van der Waals surface area contributed by atoms with E-state index in [1.807, 2.05) is 27.7 Å². The van der Waals surface area contributed by atoms with Gasteiger partial charge in [0, 0.05) is 5.56 Å². The fourth-order valence-corrected chi connectivity index (χ4v) is 2.89. The summed E-state index contributed by atoms with van der Waals surface area (Å²) in [4.78, 5) is 4.55. The monoisotopic (exact) mass is 301 g/mol. The van der Waals surface area contributed by atoms with Crippen molar-refractivity contribution in [1.82, 2.24) is 15.5 Å². The van der Waals surface area contributed by atoms with Crippen molar-refractivity contribution in [2.75, 3.05) is 6.54 Å². The van der Waals surface area contributed by atoms with Crippen molar-refractivity contribution in [3.8, 4) is 17.1 Å². The van der Waals surface area contributed by atoms with Crippen molar-refractivity contribution >= 4 is 0 Å². The SMILES string of the molecule is Cc1cc(-c2noc([C@H]3CCCN3)n2)cc(C)c1OC(C)C. The molecule has 1 aliphatic rings. The maximum atomic E-state index is 5.88. The first-order valence-corrected chi connectivity index (χ1v) is 7.90. The highest BCUT2D eigenvalue weighted by atomic mass is 16.5. The van der Waals surface area contributed by atoms with Crippen molar-refractivity contribution in [3.63, 3.8) is 0 Å². The van der Waals surface area contributed by atoms with E-state index >= 15 is 0 Å². The van der Waals surface area contributed by atoms with Gasteiger partial charge in [-0.3, -0.25) is 0 Å². The van der Waals surface area contributed by atoms with Crippen LogP contribution in [0.1, 0.15) is 49.7 Å². The van der Waals surface area contributed by atoms with Crippen LogP contribution >= 0.6 is 0 Å². The molecule has 0 amide bonds. The zero-order valence-corrected chi connectivity index (χ0v) is 13.6.